The fraction of sp³-hybridized carbons (Fsp3) is 0.923. The molecule has 2 heteroatoms. The molecule has 15 heavy (non-hydrogen) atoms. The molecule has 0 rings (SSSR count). The van der Waals surface area contributed by atoms with Gasteiger partial charge in [0.25, 0.3) is 0 Å². The van der Waals surface area contributed by atoms with Crippen molar-refractivity contribution in [2.75, 3.05) is 6.61 Å². The van der Waals surface area contributed by atoms with Gasteiger partial charge < -0.3 is 9.53 Å². The normalized spacial score (nSPS) is 13.1. The number of ether oxygens (including phenoxy) is 1. The van der Waals surface area contributed by atoms with Gasteiger partial charge in [0.1, 0.15) is 12.4 Å². The molecule has 0 aromatic rings. The molecule has 0 bridgehead atoms. The van der Waals surface area contributed by atoms with Crippen molar-refractivity contribution in [1.82, 2.24) is 0 Å². The molecular weight excluding hydrogens is 188 g/mol. The van der Waals surface area contributed by atoms with Crippen molar-refractivity contribution in [2.24, 2.45) is 5.92 Å². The van der Waals surface area contributed by atoms with Crippen LogP contribution in [0.4, 0.5) is 0 Å². The lowest BCUT2D eigenvalue weighted by Crippen LogP contribution is -2.19. The van der Waals surface area contributed by atoms with Crippen LogP contribution in [0.2, 0.25) is 0 Å². The zero-order valence-corrected chi connectivity index (χ0v) is 10.5. The van der Waals surface area contributed by atoms with Crippen LogP contribution in [0.1, 0.15) is 59.3 Å². The zero-order chi connectivity index (χ0) is 11.5. The second-order valence-corrected chi connectivity index (χ2v) is 4.17. The second-order valence-electron chi connectivity index (χ2n) is 4.17. The monoisotopic (exact) mass is 214 g/mol. The van der Waals surface area contributed by atoms with Gasteiger partial charge in [0.2, 0.25) is 0 Å². The molecule has 0 fully saturated rings. The summed E-state index contributed by atoms with van der Waals surface area (Å²) in [7, 11) is 0. The largest absolute Gasteiger partial charge is 0.371 e. The summed E-state index contributed by atoms with van der Waals surface area (Å²) in [5.74, 6) is 0.631. The van der Waals surface area contributed by atoms with E-state index in [9.17, 15) is 4.79 Å². The standard InChI is InChI=1S/C13H26O2/c1-4-7-8-9-15-13(11-14)10-12(5-2)6-3/h11-13H,4-10H2,1-3H3. The van der Waals surface area contributed by atoms with E-state index in [0.717, 1.165) is 38.6 Å². The molecular formula is C13H26O2. The Labute approximate surface area is 94.4 Å². The highest BCUT2D eigenvalue weighted by molar-refractivity contribution is 5.55. The lowest BCUT2D eigenvalue weighted by molar-refractivity contribution is -0.119. The molecule has 0 spiro atoms. The first kappa shape index (κ1) is 14.6. The molecule has 1 atom stereocenters. The first-order chi connectivity index (χ1) is 7.28. The molecule has 0 amide bonds. The minimum Gasteiger partial charge on any atom is -0.371 e. The summed E-state index contributed by atoms with van der Waals surface area (Å²) in [5, 5.41) is 0. The number of rotatable bonds is 10. The Morgan fingerprint density at radius 1 is 1.13 bits per heavy atom. The molecule has 0 aliphatic carbocycles. The second kappa shape index (κ2) is 10.2. The average Bonchev–Trinajstić information content (AvgIpc) is 2.28. The van der Waals surface area contributed by atoms with Crippen LogP contribution in [0.3, 0.4) is 0 Å². The fourth-order valence-electron chi connectivity index (χ4n) is 1.70. The maximum absolute atomic E-state index is 10.8. The van der Waals surface area contributed by atoms with Crippen LogP contribution in [-0.2, 0) is 9.53 Å². The van der Waals surface area contributed by atoms with Crippen LogP contribution in [0.15, 0.2) is 0 Å². The first-order valence-electron chi connectivity index (χ1n) is 6.35. The van der Waals surface area contributed by atoms with E-state index in [1.54, 1.807) is 0 Å². The van der Waals surface area contributed by atoms with Crippen molar-refractivity contribution in [3.8, 4) is 0 Å². The summed E-state index contributed by atoms with van der Waals surface area (Å²) in [6, 6.07) is 0. The molecule has 0 saturated heterocycles. The molecule has 0 N–H and O–H groups in total. The highest BCUT2D eigenvalue weighted by Gasteiger charge is 2.13. The lowest BCUT2D eigenvalue weighted by atomic mass is 9.96. The predicted molar refractivity (Wildman–Crippen MR) is 64.0 cm³/mol. The van der Waals surface area contributed by atoms with E-state index >= 15 is 0 Å². The van der Waals surface area contributed by atoms with E-state index in [1.165, 1.54) is 12.8 Å². The van der Waals surface area contributed by atoms with Crippen LogP contribution >= 0.6 is 0 Å². The highest BCUT2D eigenvalue weighted by Crippen LogP contribution is 2.16. The number of unbranched alkanes of at least 4 members (excludes halogenated alkanes) is 2. The Balaban J connectivity index is 3.66. The van der Waals surface area contributed by atoms with E-state index in [0.29, 0.717) is 5.92 Å². The summed E-state index contributed by atoms with van der Waals surface area (Å²) in [4.78, 5) is 10.8. The molecule has 2 nitrogen and oxygen atoms in total. The van der Waals surface area contributed by atoms with Crippen LogP contribution < -0.4 is 0 Å². The van der Waals surface area contributed by atoms with Gasteiger partial charge >= 0.3 is 0 Å². The van der Waals surface area contributed by atoms with Crippen molar-refractivity contribution in [1.29, 1.82) is 0 Å². The summed E-state index contributed by atoms with van der Waals surface area (Å²) >= 11 is 0. The van der Waals surface area contributed by atoms with Gasteiger partial charge in [-0.2, -0.15) is 0 Å². The minimum atomic E-state index is -0.174. The number of aldehydes is 1. The van der Waals surface area contributed by atoms with Gasteiger partial charge in [-0.3, -0.25) is 0 Å². The summed E-state index contributed by atoms with van der Waals surface area (Å²) < 4.78 is 5.56. The third kappa shape index (κ3) is 7.55. The summed E-state index contributed by atoms with van der Waals surface area (Å²) in [5.41, 5.74) is 0. The van der Waals surface area contributed by atoms with Crippen LogP contribution in [-0.4, -0.2) is 19.0 Å². The van der Waals surface area contributed by atoms with E-state index in [4.69, 9.17) is 4.74 Å². The van der Waals surface area contributed by atoms with Crippen LogP contribution in [0.5, 0.6) is 0 Å². The van der Waals surface area contributed by atoms with Crippen LogP contribution in [0, 0.1) is 5.92 Å². The van der Waals surface area contributed by atoms with Gasteiger partial charge in [0.15, 0.2) is 0 Å². The molecule has 0 aromatic carbocycles. The molecule has 0 radical (unpaired) electrons. The molecule has 0 aromatic heterocycles. The van der Waals surface area contributed by atoms with Gasteiger partial charge in [-0.25, -0.2) is 0 Å². The van der Waals surface area contributed by atoms with Gasteiger partial charge in [-0.15, -0.1) is 0 Å². The Morgan fingerprint density at radius 2 is 1.80 bits per heavy atom. The van der Waals surface area contributed by atoms with E-state index in [-0.39, 0.29) is 6.10 Å². The number of hydrogen-bond acceptors (Lipinski definition) is 2. The SMILES string of the molecule is CCCCCOC(C=O)CC(CC)CC. The fourth-order valence-corrected chi connectivity index (χ4v) is 1.70. The maximum Gasteiger partial charge on any atom is 0.148 e. The molecule has 90 valence electrons. The van der Waals surface area contributed by atoms with Crippen LogP contribution in [0.25, 0.3) is 0 Å². The number of carbonyl (C=O) groups is 1. The van der Waals surface area contributed by atoms with E-state index < -0.39 is 0 Å². The van der Waals surface area contributed by atoms with Crippen molar-refractivity contribution < 1.29 is 9.53 Å². The van der Waals surface area contributed by atoms with E-state index in [2.05, 4.69) is 20.8 Å². The summed E-state index contributed by atoms with van der Waals surface area (Å²) in [6.07, 6.45) is 7.42. The molecule has 1 unspecified atom stereocenters. The quantitative estimate of drug-likeness (QED) is 0.410. The molecule has 0 aliphatic heterocycles. The maximum atomic E-state index is 10.8. The third-order valence-corrected chi connectivity index (χ3v) is 2.95. The van der Waals surface area contributed by atoms with Gasteiger partial charge in [-0.05, 0) is 18.8 Å². The Kier molecular flexibility index (Phi) is 9.91. The number of carbonyl (C=O) groups excluding carboxylic acids is 1. The van der Waals surface area contributed by atoms with Crippen molar-refractivity contribution in [3.05, 3.63) is 0 Å². The van der Waals surface area contributed by atoms with Crippen molar-refractivity contribution >= 4 is 6.29 Å². The van der Waals surface area contributed by atoms with Crippen molar-refractivity contribution in [3.63, 3.8) is 0 Å². The zero-order valence-electron chi connectivity index (χ0n) is 10.5. The van der Waals surface area contributed by atoms with Crippen molar-refractivity contribution in [2.45, 2.75) is 65.4 Å². The number of hydrogen-bond donors (Lipinski definition) is 0. The Hall–Kier alpha value is -0.370. The Bertz CT molecular complexity index is 141. The predicted octanol–water partition coefficient (Wildman–Crippen LogP) is 3.59. The highest BCUT2D eigenvalue weighted by atomic mass is 16.5. The van der Waals surface area contributed by atoms with Gasteiger partial charge in [0.05, 0.1) is 0 Å². The molecule has 0 heterocycles. The minimum absolute atomic E-state index is 0.174. The average molecular weight is 214 g/mol. The molecule has 0 aliphatic rings. The lowest BCUT2D eigenvalue weighted by Gasteiger charge is -2.17. The smallest absolute Gasteiger partial charge is 0.148 e. The third-order valence-electron chi connectivity index (χ3n) is 2.95. The topological polar surface area (TPSA) is 26.3 Å². The van der Waals surface area contributed by atoms with Gasteiger partial charge in [0, 0.05) is 6.61 Å². The first-order valence-corrected chi connectivity index (χ1v) is 6.35. The van der Waals surface area contributed by atoms with Gasteiger partial charge in [-0.1, -0.05) is 46.5 Å². The Morgan fingerprint density at radius 3 is 2.27 bits per heavy atom. The molecule has 0 saturated carbocycles. The van der Waals surface area contributed by atoms with E-state index in [1.807, 2.05) is 0 Å². The summed E-state index contributed by atoms with van der Waals surface area (Å²) in [6.45, 7) is 7.25.